The van der Waals surface area contributed by atoms with Crippen LogP contribution in [0.25, 0.3) is 0 Å². The molecule has 0 aliphatic heterocycles. The fourth-order valence-electron chi connectivity index (χ4n) is 1.10. The van der Waals surface area contributed by atoms with Crippen LogP contribution in [0.5, 0.6) is 0 Å². The number of aliphatic imine (C=N–C) groups is 1. The molecule has 0 heterocycles. The second-order valence-electron chi connectivity index (χ2n) is 2.78. The van der Waals surface area contributed by atoms with Crippen LogP contribution in [0.15, 0.2) is 40.4 Å². The minimum atomic E-state index is 0.442. The Hall–Kier alpha value is -0.960. The zero-order valence-electron chi connectivity index (χ0n) is 9.13. The van der Waals surface area contributed by atoms with E-state index in [1.807, 2.05) is 6.92 Å². The fourth-order valence-corrected chi connectivity index (χ4v) is 1.82. The van der Waals surface area contributed by atoms with Crippen molar-refractivity contribution in [2.24, 2.45) is 10.7 Å². The van der Waals surface area contributed by atoms with Crippen molar-refractivity contribution in [2.75, 3.05) is 6.26 Å². The Morgan fingerprint density at radius 2 is 2.14 bits per heavy atom. The lowest BCUT2D eigenvalue weighted by Gasteiger charge is -2.09. The molecule has 0 aromatic carbocycles. The lowest BCUT2D eigenvalue weighted by Crippen LogP contribution is -2.14. The summed E-state index contributed by atoms with van der Waals surface area (Å²) in [6, 6.07) is 0. The van der Waals surface area contributed by atoms with Crippen molar-refractivity contribution in [2.45, 2.75) is 20.3 Å². The van der Waals surface area contributed by atoms with Gasteiger partial charge in [-0.15, -0.1) is 11.8 Å². The molecule has 0 aliphatic rings. The van der Waals surface area contributed by atoms with E-state index in [9.17, 15) is 0 Å². The predicted octanol–water partition coefficient (Wildman–Crippen LogP) is 3.09. The Morgan fingerprint density at radius 3 is 2.50 bits per heavy atom. The second kappa shape index (κ2) is 6.49. The van der Waals surface area contributed by atoms with Gasteiger partial charge in [-0.25, -0.2) is 4.99 Å². The SMILES string of the molecule is C=C/N=C(/N)C(=C)/C(C)=C(/CC)SC. The molecular formula is C11H18N2S. The first kappa shape index (κ1) is 13.0. The predicted molar refractivity (Wildman–Crippen MR) is 67.5 cm³/mol. The van der Waals surface area contributed by atoms with Gasteiger partial charge in [0.05, 0.1) is 0 Å². The van der Waals surface area contributed by atoms with Crippen molar-refractivity contribution in [1.29, 1.82) is 0 Å². The van der Waals surface area contributed by atoms with Crippen LogP contribution in [0.2, 0.25) is 0 Å². The minimum Gasteiger partial charge on any atom is -0.383 e. The largest absolute Gasteiger partial charge is 0.383 e. The summed E-state index contributed by atoms with van der Waals surface area (Å²) in [5.74, 6) is 0.442. The third-order valence-electron chi connectivity index (χ3n) is 1.98. The normalized spacial score (nSPS) is 13.5. The molecule has 0 saturated heterocycles. The van der Waals surface area contributed by atoms with Crippen molar-refractivity contribution in [3.8, 4) is 0 Å². The molecule has 2 nitrogen and oxygen atoms in total. The molecule has 14 heavy (non-hydrogen) atoms. The number of hydrogen-bond acceptors (Lipinski definition) is 2. The van der Waals surface area contributed by atoms with E-state index in [-0.39, 0.29) is 0 Å². The first-order chi connectivity index (χ1) is 6.58. The van der Waals surface area contributed by atoms with Crippen molar-refractivity contribution in [3.05, 3.63) is 35.4 Å². The van der Waals surface area contributed by atoms with Gasteiger partial charge in [-0.05, 0) is 30.1 Å². The first-order valence-electron chi connectivity index (χ1n) is 4.46. The van der Waals surface area contributed by atoms with E-state index in [0.717, 1.165) is 17.6 Å². The van der Waals surface area contributed by atoms with E-state index >= 15 is 0 Å². The van der Waals surface area contributed by atoms with Gasteiger partial charge in [-0.3, -0.25) is 0 Å². The number of rotatable bonds is 5. The number of amidine groups is 1. The van der Waals surface area contributed by atoms with Crippen molar-refractivity contribution >= 4 is 17.6 Å². The summed E-state index contributed by atoms with van der Waals surface area (Å²) in [5, 5.41) is 0. The van der Waals surface area contributed by atoms with Crippen LogP contribution in [-0.2, 0) is 0 Å². The Balaban J connectivity index is 4.94. The summed E-state index contributed by atoms with van der Waals surface area (Å²) >= 11 is 1.72. The topological polar surface area (TPSA) is 38.4 Å². The van der Waals surface area contributed by atoms with Crippen LogP contribution in [0.3, 0.4) is 0 Å². The van der Waals surface area contributed by atoms with Gasteiger partial charge in [-0.1, -0.05) is 20.1 Å². The van der Waals surface area contributed by atoms with Crippen molar-refractivity contribution in [3.63, 3.8) is 0 Å². The van der Waals surface area contributed by atoms with Crippen LogP contribution >= 0.6 is 11.8 Å². The fraction of sp³-hybridized carbons (Fsp3) is 0.364. The van der Waals surface area contributed by atoms with Crippen LogP contribution in [0.1, 0.15) is 20.3 Å². The maximum absolute atomic E-state index is 5.71. The number of nitrogens with two attached hydrogens (primary N) is 1. The van der Waals surface area contributed by atoms with E-state index in [0.29, 0.717) is 5.84 Å². The highest BCUT2D eigenvalue weighted by atomic mass is 32.2. The van der Waals surface area contributed by atoms with E-state index in [2.05, 4.69) is 31.3 Å². The van der Waals surface area contributed by atoms with Crippen LogP contribution in [0.4, 0.5) is 0 Å². The average Bonchev–Trinajstić information content (AvgIpc) is 2.18. The summed E-state index contributed by atoms with van der Waals surface area (Å²) in [5.41, 5.74) is 7.61. The number of allylic oxidation sites excluding steroid dienone is 1. The Kier molecular flexibility index (Phi) is 6.04. The van der Waals surface area contributed by atoms with Gasteiger partial charge in [0.25, 0.3) is 0 Å². The monoisotopic (exact) mass is 210 g/mol. The van der Waals surface area contributed by atoms with E-state index in [4.69, 9.17) is 5.73 Å². The molecule has 0 aromatic heterocycles. The van der Waals surface area contributed by atoms with Gasteiger partial charge in [0.15, 0.2) is 0 Å². The van der Waals surface area contributed by atoms with Gasteiger partial charge >= 0.3 is 0 Å². The molecule has 0 atom stereocenters. The van der Waals surface area contributed by atoms with Gasteiger partial charge in [-0.2, -0.15) is 0 Å². The molecular weight excluding hydrogens is 192 g/mol. The number of nitrogens with zero attached hydrogens (tertiary/aromatic N) is 1. The molecule has 2 N–H and O–H groups in total. The van der Waals surface area contributed by atoms with Gasteiger partial charge in [0.2, 0.25) is 0 Å². The quantitative estimate of drug-likeness (QED) is 0.430. The average molecular weight is 210 g/mol. The molecule has 0 unspecified atom stereocenters. The zero-order chi connectivity index (χ0) is 11.1. The van der Waals surface area contributed by atoms with Crippen molar-refractivity contribution < 1.29 is 0 Å². The maximum atomic E-state index is 5.71. The minimum absolute atomic E-state index is 0.442. The molecule has 78 valence electrons. The first-order valence-corrected chi connectivity index (χ1v) is 5.68. The molecule has 0 aromatic rings. The third-order valence-corrected chi connectivity index (χ3v) is 3.07. The molecule has 0 bridgehead atoms. The summed E-state index contributed by atoms with van der Waals surface area (Å²) in [4.78, 5) is 5.20. The Morgan fingerprint density at radius 1 is 1.57 bits per heavy atom. The molecule has 0 spiro atoms. The lowest BCUT2D eigenvalue weighted by molar-refractivity contribution is 1.16. The van der Waals surface area contributed by atoms with Gasteiger partial charge in [0.1, 0.15) is 5.84 Å². The highest BCUT2D eigenvalue weighted by Gasteiger charge is 2.06. The third kappa shape index (κ3) is 3.42. The van der Waals surface area contributed by atoms with Gasteiger partial charge in [0, 0.05) is 11.8 Å². The van der Waals surface area contributed by atoms with Crippen LogP contribution < -0.4 is 5.73 Å². The summed E-state index contributed by atoms with van der Waals surface area (Å²) in [6.45, 7) is 11.5. The molecule has 0 fully saturated rings. The standard InChI is InChI=1S/C11H18N2S/c1-6-10(14-5)8(3)9(4)11(12)13-7-2/h7H,2,4,6H2,1,3,5H3,(H2,12,13)/b10-8-. The van der Waals surface area contributed by atoms with Crippen molar-refractivity contribution in [1.82, 2.24) is 0 Å². The molecule has 3 heteroatoms. The van der Waals surface area contributed by atoms with Crippen LogP contribution in [0, 0.1) is 0 Å². The maximum Gasteiger partial charge on any atom is 0.130 e. The Labute approximate surface area is 90.7 Å². The zero-order valence-corrected chi connectivity index (χ0v) is 9.95. The summed E-state index contributed by atoms with van der Waals surface area (Å²) in [6.07, 6.45) is 4.47. The lowest BCUT2D eigenvalue weighted by atomic mass is 10.1. The second-order valence-corrected chi connectivity index (χ2v) is 3.68. The van der Waals surface area contributed by atoms with Gasteiger partial charge < -0.3 is 5.73 Å². The molecule has 0 saturated carbocycles. The molecule has 0 radical (unpaired) electrons. The summed E-state index contributed by atoms with van der Waals surface area (Å²) in [7, 11) is 0. The number of hydrogen-bond donors (Lipinski definition) is 1. The highest BCUT2D eigenvalue weighted by Crippen LogP contribution is 2.24. The van der Waals surface area contributed by atoms with Crippen LogP contribution in [-0.4, -0.2) is 12.1 Å². The van der Waals surface area contributed by atoms with E-state index in [1.165, 1.54) is 11.1 Å². The smallest absolute Gasteiger partial charge is 0.130 e. The van der Waals surface area contributed by atoms with E-state index < -0.39 is 0 Å². The molecule has 0 amide bonds. The molecule has 0 rings (SSSR count). The number of thioether (sulfide) groups is 1. The summed E-state index contributed by atoms with van der Waals surface area (Å²) < 4.78 is 0. The van der Waals surface area contributed by atoms with E-state index in [1.54, 1.807) is 11.8 Å². The Bertz CT molecular complexity index is 282. The molecule has 0 aliphatic carbocycles. The highest BCUT2D eigenvalue weighted by molar-refractivity contribution is 8.02.